The van der Waals surface area contributed by atoms with Gasteiger partial charge in [0.1, 0.15) is 11.6 Å². The van der Waals surface area contributed by atoms with Crippen LogP contribution in [0.2, 0.25) is 0 Å². The van der Waals surface area contributed by atoms with E-state index in [4.69, 9.17) is 5.73 Å². The second-order valence-electron chi connectivity index (χ2n) is 4.62. The van der Waals surface area contributed by atoms with E-state index in [1.165, 1.54) is 0 Å². The third-order valence-electron chi connectivity index (χ3n) is 1.75. The molecule has 0 aliphatic carbocycles. The number of nitrogen functional groups attached to an aromatic ring is 1. The molecule has 0 unspecified atom stereocenters. The van der Waals surface area contributed by atoms with Crippen LogP contribution in [-0.2, 0) is 12.8 Å². The largest absolute Gasteiger partial charge is 0.368 e. The molecule has 1 aromatic rings. The molecule has 78 valence electrons. The molecule has 0 atom stereocenters. The number of aromatic nitrogens is 3. The summed E-state index contributed by atoms with van der Waals surface area (Å²) in [4.78, 5) is 12.5. The fourth-order valence-corrected chi connectivity index (χ4v) is 1.20. The minimum atomic E-state index is 0.179. The standard InChI is InChI=1S/C10H18N4/c1-5-7-12-8(6-10(2,3)4)14-9(11)13-7/h5-6H2,1-4H3,(H2,11,12,13,14). The van der Waals surface area contributed by atoms with Gasteiger partial charge in [0.15, 0.2) is 0 Å². The van der Waals surface area contributed by atoms with Crippen molar-refractivity contribution in [1.82, 2.24) is 15.0 Å². The van der Waals surface area contributed by atoms with Crippen molar-refractivity contribution in [1.29, 1.82) is 0 Å². The summed E-state index contributed by atoms with van der Waals surface area (Å²) >= 11 is 0. The van der Waals surface area contributed by atoms with Crippen LogP contribution >= 0.6 is 0 Å². The molecule has 0 fully saturated rings. The first kappa shape index (κ1) is 10.9. The lowest BCUT2D eigenvalue weighted by Crippen LogP contribution is -2.15. The molecule has 4 heteroatoms. The van der Waals surface area contributed by atoms with Crippen LogP contribution in [0.25, 0.3) is 0 Å². The van der Waals surface area contributed by atoms with Gasteiger partial charge in [0.2, 0.25) is 5.95 Å². The monoisotopic (exact) mass is 194 g/mol. The van der Waals surface area contributed by atoms with E-state index >= 15 is 0 Å². The van der Waals surface area contributed by atoms with Crippen LogP contribution in [0.3, 0.4) is 0 Å². The molecule has 0 saturated carbocycles. The molecule has 4 nitrogen and oxygen atoms in total. The average molecular weight is 194 g/mol. The number of hydrogen-bond acceptors (Lipinski definition) is 4. The van der Waals surface area contributed by atoms with Gasteiger partial charge in [0.05, 0.1) is 0 Å². The smallest absolute Gasteiger partial charge is 0.223 e. The van der Waals surface area contributed by atoms with Crippen LogP contribution in [-0.4, -0.2) is 15.0 Å². The van der Waals surface area contributed by atoms with Gasteiger partial charge in [0.25, 0.3) is 0 Å². The second-order valence-corrected chi connectivity index (χ2v) is 4.62. The van der Waals surface area contributed by atoms with Crippen LogP contribution < -0.4 is 5.73 Å². The van der Waals surface area contributed by atoms with E-state index in [-0.39, 0.29) is 5.41 Å². The quantitative estimate of drug-likeness (QED) is 0.776. The molecular weight excluding hydrogens is 176 g/mol. The second kappa shape index (κ2) is 3.90. The van der Waals surface area contributed by atoms with Gasteiger partial charge in [0, 0.05) is 12.8 Å². The Morgan fingerprint density at radius 3 is 2.14 bits per heavy atom. The van der Waals surface area contributed by atoms with Crippen molar-refractivity contribution in [2.45, 2.75) is 40.5 Å². The van der Waals surface area contributed by atoms with Crippen molar-refractivity contribution in [2.24, 2.45) is 5.41 Å². The van der Waals surface area contributed by atoms with E-state index in [2.05, 4.69) is 35.7 Å². The molecule has 0 spiro atoms. The predicted molar refractivity (Wildman–Crippen MR) is 56.8 cm³/mol. The fraction of sp³-hybridized carbons (Fsp3) is 0.700. The first-order valence-corrected chi connectivity index (χ1v) is 4.90. The number of nitrogens with two attached hydrogens (primary N) is 1. The topological polar surface area (TPSA) is 64.7 Å². The molecule has 0 bridgehead atoms. The lowest BCUT2D eigenvalue weighted by molar-refractivity contribution is 0.399. The third-order valence-corrected chi connectivity index (χ3v) is 1.75. The summed E-state index contributed by atoms with van der Waals surface area (Å²) < 4.78 is 0. The molecule has 1 rings (SSSR count). The molecule has 0 aliphatic rings. The highest BCUT2D eigenvalue weighted by Crippen LogP contribution is 2.18. The van der Waals surface area contributed by atoms with E-state index in [1.807, 2.05) is 6.92 Å². The van der Waals surface area contributed by atoms with E-state index in [1.54, 1.807) is 0 Å². The molecule has 1 aromatic heterocycles. The highest BCUT2D eigenvalue weighted by molar-refractivity contribution is 5.16. The Kier molecular flexibility index (Phi) is 3.03. The van der Waals surface area contributed by atoms with Crippen molar-refractivity contribution < 1.29 is 0 Å². The van der Waals surface area contributed by atoms with Crippen molar-refractivity contribution in [3.05, 3.63) is 11.6 Å². The Morgan fingerprint density at radius 2 is 1.64 bits per heavy atom. The van der Waals surface area contributed by atoms with E-state index in [0.717, 1.165) is 24.5 Å². The Hall–Kier alpha value is -1.19. The molecular formula is C10H18N4. The number of aryl methyl sites for hydroxylation is 1. The summed E-state index contributed by atoms with van der Waals surface area (Å²) in [7, 11) is 0. The molecule has 1 heterocycles. The minimum Gasteiger partial charge on any atom is -0.368 e. The first-order chi connectivity index (χ1) is 6.40. The fourth-order valence-electron chi connectivity index (χ4n) is 1.20. The van der Waals surface area contributed by atoms with E-state index in [0.29, 0.717) is 5.95 Å². The van der Waals surface area contributed by atoms with Gasteiger partial charge < -0.3 is 5.73 Å². The summed E-state index contributed by atoms with van der Waals surface area (Å²) in [6.45, 7) is 8.46. The number of hydrogen-bond donors (Lipinski definition) is 1. The van der Waals surface area contributed by atoms with Crippen LogP contribution in [0.1, 0.15) is 39.3 Å². The van der Waals surface area contributed by atoms with Crippen LogP contribution in [0.4, 0.5) is 5.95 Å². The zero-order valence-corrected chi connectivity index (χ0v) is 9.33. The molecule has 0 amide bonds. The van der Waals surface area contributed by atoms with Crippen molar-refractivity contribution >= 4 is 5.95 Å². The van der Waals surface area contributed by atoms with Crippen LogP contribution in [0.5, 0.6) is 0 Å². The van der Waals surface area contributed by atoms with Gasteiger partial charge in [-0.1, -0.05) is 27.7 Å². The van der Waals surface area contributed by atoms with Crippen molar-refractivity contribution in [2.75, 3.05) is 5.73 Å². The first-order valence-electron chi connectivity index (χ1n) is 4.90. The summed E-state index contributed by atoms with van der Waals surface area (Å²) in [5.41, 5.74) is 5.77. The maximum Gasteiger partial charge on any atom is 0.223 e. The lowest BCUT2D eigenvalue weighted by atomic mass is 9.92. The number of rotatable bonds is 2. The summed E-state index contributed by atoms with van der Waals surface area (Å²) in [6, 6.07) is 0. The van der Waals surface area contributed by atoms with Gasteiger partial charge in [-0.15, -0.1) is 0 Å². The minimum absolute atomic E-state index is 0.179. The summed E-state index contributed by atoms with van der Waals surface area (Å²) in [6.07, 6.45) is 1.62. The third kappa shape index (κ3) is 3.28. The highest BCUT2D eigenvalue weighted by Gasteiger charge is 2.14. The molecule has 14 heavy (non-hydrogen) atoms. The number of anilines is 1. The summed E-state index contributed by atoms with van der Waals surface area (Å²) in [5.74, 6) is 1.90. The Labute approximate surface area is 85.0 Å². The zero-order valence-electron chi connectivity index (χ0n) is 9.33. The van der Waals surface area contributed by atoms with Gasteiger partial charge in [-0.05, 0) is 5.41 Å². The molecule has 0 aliphatic heterocycles. The van der Waals surface area contributed by atoms with Gasteiger partial charge in [-0.25, -0.2) is 4.98 Å². The highest BCUT2D eigenvalue weighted by atomic mass is 15.1. The molecule has 0 radical (unpaired) electrons. The molecule has 0 saturated heterocycles. The Bertz CT molecular complexity index is 314. The van der Waals surface area contributed by atoms with Gasteiger partial charge in [-0.2, -0.15) is 9.97 Å². The number of nitrogens with zero attached hydrogens (tertiary/aromatic N) is 3. The Morgan fingerprint density at radius 1 is 1.07 bits per heavy atom. The summed E-state index contributed by atoms with van der Waals surface area (Å²) in [5, 5.41) is 0. The predicted octanol–water partition coefficient (Wildman–Crippen LogP) is 1.60. The SMILES string of the molecule is CCc1nc(N)nc(CC(C)(C)C)n1. The lowest BCUT2D eigenvalue weighted by Gasteiger charge is -2.16. The van der Waals surface area contributed by atoms with Crippen molar-refractivity contribution in [3.63, 3.8) is 0 Å². The van der Waals surface area contributed by atoms with E-state index in [9.17, 15) is 0 Å². The Balaban J connectivity index is 2.92. The maximum absolute atomic E-state index is 5.59. The van der Waals surface area contributed by atoms with E-state index < -0.39 is 0 Å². The maximum atomic E-state index is 5.59. The van der Waals surface area contributed by atoms with Gasteiger partial charge >= 0.3 is 0 Å². The van der Waals surface area contributed by atoms with Crippen LogP contribution in [0.15, 0.2) is 0 Å². The van der Waals surface area contributed by atoms with Gasteiger partial charge in [-0.3, -0.25) is 0 Å². The van der Waals surface area contributed by atoms with Crippen molar-refractivity contribution in [3.8, 4) is 0 Å². The zero-order chi connectivity index (χ0) is 10.8. The average Bonchev–Trinajstić information content (AvgIpc) is 1.99. The molecule has 2 N–H and O–H groups in total. The molecule has 0 aromatic carbocycles. The normalized spacial score (nSPS) is 11.7. The van der Waals surface area contributed by atoms with Crippen LogP contribution in [0, 0.1) is 5.41 Å².